The highest BCUT2D eigenvalue weighted by atomic mass is 127. The van der Waals surface area contributed by atoms with Crippen LogP contribution in [0, 0.1) is 0 Å². The van der Waals surface area contributed by atoms with E-state index in [0.717, 1.165) is 47.2 Å². The second kappa shape index (κ2) is 9.68. The van der Waals surface area contributed by atoms with Gasteiger partial charge in [0.25, 0.3) is 5.91 Å². The summed E-state index contributed by atoms with van der Waals surface area (Å²) in [6.07, 6.45) is 2.70. The van der Waals surface area contributed by atoms with E-state index in [1.54, 1.807) is 6.07 Å². The number of ether oxygens (including phenoxy) is 1. The molecule has 7 heteroatoms. The number of quaternary nitrogens is 1. The molecule has 1 atom stereocenters. The van der Waals surface area contributed by atoms with Crippen LogP contribution >= 0.6 is 11.6 Å². The van der Waals surface area contributed by atoms with Gasteiger partial charge in [-0.15, -0.1) is 0 Å². The molecule has 0 radical (unpaired) electrons. The Morgan fingerprint density at radius 3 is 2.67 bits per heavy atom. The first-order valence-electron chi connectivity index (χ1n) is 10.0. The summed E-state index contributed by atoms with van der Waals surface area (Å²) in [5, 5.41) is 4.53. The maximum atomic E-state index is 12.6. The number of aromatic amines is 1. The summed E-state index contributed by atoms with van der Waals surface area (Å²) >= 11 is 6.02. The van der Waals surface area contributed by atoms with Gasteiger partial charge in [0.05, 0.1) is 14.1 Å². The number of amides is 1. The second-order valence-corrected chi connectivity index (χ2v) is 8.91. The van der Waals surface area contributed by atoms with Gasteiger partial charge in [-0.25, -0.2) is 0 Å². The van der Waals surface area contributed by atoms with Crippen molar-refractivity contribution in [3.8, 4) is 0 Å². The highest BCUT2D eigenvalue weighted by Crippen LogP contribution is 2.22. The van der Waals surface area contributed by atoms with Crippen molar-refractivity contribution < 1.29 is 38.0 Å². The molecular weight excluding hydrogens is 513 g/mol. The lowest BCUT2D eigenvalue weighted by Crippen LogP contribution is -3.00. The molecular formula is C23H27ClIN3O2. The van der Waals surface area contributed by atoms with Crippen LogP contribution in [0.3, 0.4) is 0 Å². The minimum Gasteiger partial charge on any atom is -1.00 e. The standard InChI is InChI=1S/C23H26ClN3O2.HI/c1-27(2,15-20-4-3-11-29-20)14-16-5-8-19(9-6-16)25-23(28)22-13-17-12-18(24)7-10-21(17)26-22;/h5-10,12-13,20H,3-4,11,14-15H2,1-2H3,(H-,25,26,28);1H. The third-order valence-corrected chi connectivity index (χ3v) is 5.61. The summed E-state index contributed by atoms with van der Waals surface area (Å²) in [6, 6.07) is 15.4. The zero-order valence-electron chi connectivity index (χ0n) is 17.3. The molecule has 1 saturated heterocycles. The molecule has 1 aromatic heterocycles. The van der Waals surface area contributed by atoms with Gasteiger partial charge in [-0.1, -0.05) is 23.7 Å². The fourth-order valence-corrected chi connectivity index (χ4v) is 4.20. The van der Waals surface area contributed by atoms with Gasteiger partial charge in [0.2, 0.25) is 0 Å². The van der Waals surface area contributed by atoms with Crippen molar-refractivity contribution >= 4 is 34.1 Å². The van der Waals surface area contributed by atoms with Crippen LogP contribution < -0.4 is 29.3 Å². The fraction of sp³-hybridized carbons (Fsp3) is 0.348. The van der Waals surface area contributed by atoms with Crippen LogP contribution in [-0.2, 0) is 11.3 Å². The molecule has 3 aromatic rings. The van der Waals surface area contributed by atoms with Crippen molar-refractivity contribution in [2.75, 3.05) is 32.6 Å². The number of halogens is 2. The first-order valence-corrected chi connectivity index (χ1v) is 10.4. The summed E-state index contributed by atoms with van der Waals surface area (Å²) in [5.41, 5.74) is 3.42. The van der Waals surface area contributed by atoms with Gasteiger partial charge in [-0.3, -0.25) is 4.79 Å². The van der Waals surface area contributed by atoms with Crippen molar-refractivity contribution in [2.24, 2.45) is 0 Å². The van der Waals surface area contributed by atoms with E-state index < -0.39 is 0 Å². The number of carbonyl (C=O) groups excluding carboxylic acids is 1. The number of aromatic nitrogens is 1. The SMILES string of the molecule is C[N+](C)(Cc1ccc(NC(=O)c2cc3cc(Cl)ccc3[nH]2)cc1)CC1CCCO1.[I-]. The highest BCUT2D eigenvalue weighted by Gasteiger charge is 2.25. The van der Waals surface area contributed by atoms with E-state index in [-0.39, 0.29) is 29.9 Å². The molecule has 0 bridgehead atoms. The molecule has 1 amide bonds. The zero-order valence-corrected chi connectivity index (χ0v) is 20.2. The molecule has 1 fully saturated rings. The lowest BCUT2D eigenvalue weighted by molar-refractivity contribution is -0.906. The maximum Gasteiger partial charge on any atom is 0.272 e. The molecule has 1 unspecified atom stereocenters. The van der Waals surface area contributed by atoms with Crippen molar-refractivity contribution in [1.29, 1.82) is 0 Å². The summed E-state index contributed by atoms with van der Waals surface area (Å²) in [6.45, 7) is 2.84. The Hall–Kier alpha value is -1.61. The van der Waals surface area contributed by atoms with E-state index in [1.165, 1.54) is 12.0 Å². The smallest absolute Gasteiger partial charge is 0.272 e. The number of nitrogens with one attached hydrogen (secondary N) is 2. The number of nitrogens with zero attached hydrogens (tertiary/aromatic N) is 1. The maximum absolute atomic E-state index is 12.6. The van der Waals surface area contributed by atoms with Crippen LogP contribution in [0.5, 0.6) is 0 Å². The van der Waals surface area contributed by atoms with Gasteiger partial charge in [0, 0.05) is 33.8 Å². The predicted octanol–water partition coefficient (Wildman–Crippen LogP) is 1.83. The fourth-order valence-electron chi connectivity index (χ4n) is 4.02. The summed E-state index contributed by atoms with van der Waals surface area (Å²) < 4.78 is 6.67. The number of hydrogen-bond donors (Lipinski definition) is 2. The topological polar surface area (TPSA) is 54.1 Å². The monoisotopic (exact) mass is 539 g/mol. The third kappa shape index (κ3) is 5.75. The average Bonchev–Trinajstić information content (AvgIpc) is 3.31. The third-order valence-electron chi connectivity index (χ3n) is 5.37. The van der Waals surface area contributed by atoms with Crippen molar-refractivity contribution in [3.63, 3.8) is 0 Å². The van der Waals surface area contributed by atoms with E-state index in [0.29, 0.717) is 16.8 Å². The van der Waals surface area contributed by atoms with Crippen LogP contribution in [0.2, 0.25) is 5.02 Å². The van der Waals surface area contributed by atoms with Crippen LogP contribution in [0.15, 0.2) is 48.5 Å². The number of H-pyrrole nitrogens is 1. The number of likely N-dealkylation sites (N-methyl/N-ethyl adjacent to an activating group) is 1. The van der Waals surface area contributed by atoms with E-state index in [9.17, 15) is 4.79 Å². The van der Waals surface area contributed by atoms with Crippen LogP contribution in [0.4, 0.5) is 5.69 Å². The number of carbonyl (C=O) groups is 1. The molecule has 160 valence electrons. The molecule has 2 aromatic carbocycles. The van der Waals surface area contributed by atoms with E-state index >= 15 is 0 Å². The number of anilines is 1. The largest absolute Gasteiger partial charge is 1.00 e. The average molecular weight is 540 g/mol. The molecule has 0 spiro atoms. The Morgan fingerprint density at radius 2 is 1.97 bits per heavy atom. The normalized spacial score (nSPS) is 16.4. The number of fused-ring (bicyclic) bond motifs is 1. The Balaban J connectivity index is 0.00000256. The van der Waals surface area contributed by atoms with Gasteiger partial charge < -0.3 is 43.5 Å². The van der Waals surface area contributed by atoms with Gasteiger partial charge >= 0.3 is 0 Å². The highest BCUT2D eigenvalue weighted by molar-refractivity contribution is 6.31. The van der Waals surface area contributed by atoms with Crippen LogP contribution in [0.1, 0.15) is 28.9 Å². The Bertz CT molecular complexity index is 1010. The minimum atomic E-state index is -0.167. The quantitative estimate of drug-likeness (QED) is 0.371. The second-order valence-electron chi connectivity index (χ2n) is 8.48. The van der Waals surface area contributed by atoms with Gasteiger partial charge in [0.15, 0.2) is 0 Å². The van der Waals surface area contributed by atoms with Crippen LogP contribution in [0.25, 0.3) is 10.9 Å². The van der Waals surface area contributed by atoms with Gasteiger partial charge in [-0.05, 0) is 49.2 Å². The molecule has 0 aliphatic carbocycles. The molecule has 2 heterocycles. The van der Waals surface area contributed by atoms with Gasteiger partial charge in [0.1, 0.15) is 24.9 Å². The van der Waals surface area contributed by atoms with E-state index in [4.69, 9.17) is 16.3 Å². The summed E-state index contributed by atoms with van der Waals surface area (Å²) in [4.78, 5) is 15.7. The Kier molecular flexibility index (Phi) is 7.44. The minimum absolute atomic E-state index is 0. The van der Waals surface area contributed by atoms with Gasteiger partial charge in [-0.2, -0.15) is 0 Å². The first kappa shape index (κ1) is 23.1. The summed E-state index contributed by atoms with van der Waals surface area (Å²) in [5.74, 6) is -0.167. The molecule has 4 rings (SSSR count). The van der Waals surface area contributed by atoms with Crippen molar-refractivity contribution in [3.05, 3.63) is 64.8 Å². The molecule has 0 saturated carbocycles. The van der Waals surface area contributed by atoms with Crippen molar-refractivity contribution in [1.82, 2.24) is 4.98 Å². The lowest BCUT2D eigenvalue weighted by atomic mass is 10.1. The number of benzene rings is 2. The predicted molar refractivity (Wildman–Crippen MR) is 117 cm³/mol. The number of rotatable bonds is 6. The van der Waals surface area contributed by atoms with E-state index in [1.807, 2.05) is 30.3 Å². The molecule has 1 aliphatic rings. The first-order chi connectivity index (χ1) is 13.9. The zero-order chi connectivity index (χ0) is 20.4. The Morgan fingerprint density at radius 1 is 1.20 bits per heavy atom. The number of hydrogen-bond acceptors (Lipinski definition) is 2. The van der Waals surface area contributed by atoms with Crippen molar-refractivity contribution in [2.45, 2.75) is 25.5 Å². The lowest BCUT2D eigenvalue weighted by Gasteiger charge is -2.32. The molecule has 1 aliphatic heterocycles. The molecule has 5 nitrogen and oxygen atoms in total. The molecule has 2 N–H and O–H groups in total. The molecule has 30 heavy (non-hydrogen) atoms. The Labute approximate surface area is 199 Å². The summed E-state index contributed by atoms with van der Waals surface area (Å²) in [7, 11) is 4.47. The van der Waals surface area contributed by atoms with E-state index in [2.05, 4.69) is 36.5 Å². The van der Waals surface area contributed by atoms with Crippen LogP contribution in [-0.4, -0.2) is 48.7 Å².